The van der Waals surface area contributed by atoms with E-state index in [1.54, 1.807) is 6.07 Å². The lowest BCUT2D eigenvalue weighted by molar-refractivity contribution is -0.210. The number of hydrogen-bond donors (Lipinski definition) is 0. The molecule has 31 heavy (non-hydrogen) atoms. The SMILES string of the molecule is COC(=O)[C@@H]1CC(OC(C)=O)C(=O)[C@H]2[C@@]1(C)CCC1C(=O)O[C@@H](c3ccoc3)C[C@@]12C. The zero-order valence-electron chi connectivity index (χ0n) is 18.2. The van der Waals surface area contributed by atoms with Gasteiger partial charge in [-0.05, 0) is 36.2 Å². The van der Waals surface area contributed by atoms with E-state index in [4.69, 9.17) is 18.6 Å². The van der Waals surface area contributed by atoms with Crippen LogP contribution in [0.1, 0.15) is 58.1 Å². The molecular formula is C23H28O8. The van der Waals surface area contributed by atoms with Crippen molar-refractivity contribution in [3.05, 3.63) is 24.2 Å². The Balaban J connectivity index is 1.80. The fraction of sp³-hybridized carbons (Fsp3) is 0.652. The van der Waals surface area contributed by atoms with Crippen LogP contribution in [0.4, 0.5) is 0 Å². The lowest BCUT2D eigenvalue weighted by atomic mass is 9.43. The summed E-state index contributed by atoms with van der Waals surface area (Å²) < 4.78 is 21.3. The van der Waals surface area contributed by atoms with E-state index >= 15 is 0 Å². The average molecular weight is 432 g/mol. The van der Waals surface area contributed by atoms with Crippen LogP contribution in [0.3, 0.4) is 0 Å². The fourth-order valence-corrected chi connectivity index (χ4v) is 6.46. The number of ether oxygens (including phenoxy) is 3. The molecule has 3 fully saturated rings. The van der Waals surface area contributed by atoms with Crippen LogP contribution in [-0.4, -0.2) is 36.9 Å². The number of furan rings is 1. The van der Waals surface area contributed by atoms with Crippen LogP contribution in [0.2, 0.25) is 0 Å². The zero-order valence-corrected chi connectivity index (χ0v) is 18.2. The van der Waals surface area contributed by atoms with Crippen molar-refractivity contribution in [3.63, 3.8) is 0 Å². The van der Waals surface area contributed by atoms with Crippen molar-refractivity contribution in [1.29, 1.82) is 0 Å². The van der Waals surface area contributed by atoms with Gasteiger partial charge in [-0.15, -0.1) is 0 Å². The number of carbonyl (C=O) groups excluding carboxylic acids is 4. The van der Waals surface area contributed by atoms with Crippen molar-refractivity contribution in [2.24, 2.45) is 28.6 Å². The van der Waals surface area contributed by atoms with E-state index < -0.39 is 52.7 Å². The number of Topliss-reactive ketones (excluding diaryl/α,β-unsaturated/α-hetero) is 1. The average Bonchev–Trinajstić information content (AvgIpc) is 3.23. The van der Waals surface area contributed by atoms with E-state index in [0.29, 0.717) is 19.3 Å². The van der Waals surface area contributed by atoms with Gasteiger partial charge in [-0.3, -0.25) is 19.2 Å². The predicted octanol–water partition coefficient (Wildman–Crippen LogP) is 3.00. The maximum absolute atomic E-state index is 13.7. The van der Waals surface area contributed by atoms with Crippen molar-refractivity contribution < 1.29 is 37.8 Å². The Bertz CT molecular complexity index is 905. The van der Waals surface area contributed by atoms with E-state index in [-0.39, 0.29) is 18.2 Å². The minimum Gasteiger partial charge on any atom is -0.472 e. The first kappa shape index (κ1) is 21.6. The molecule has 4 rings (SSSR count). The summed E-state index contributed by atoms with van der Waals surface area (Å²) >= 11 is 0. The predicted molar refractivity (Wildman–Crippen MR) is 105 cm³/mol. The van der Waals surface area contributed by atoms with E-state index in [1.807, 2.05) is 13.8 Å². The highest BCUT2D eigenvalue weighted by atomic mass is 16.6. The number of fused-ring (bicyclic) bond motifs is 3. The molecule has 8 nitrogen and oxygen atoms in total. The maximum atomic E-state index is 13.7. The smallest absolute Gasteiger partial charge is 0.310 e. The Morgan fingerprint density at radius 2 is 1.94 bits per heavy atom. The summed E-state index contributed by atoms with van der Waals surface area (Å²) in [6, 6.07) is 1.74. The Labute approximate surface area is 180 Å². The van der Waals surface area contributed by atoms with Gasteiger partial charge < -0.3 is 18.6 Å². The first-order valence-corrected chi connectivity index (χ1v) is 10.6. The van der Waals surface area contributed by atoms with Gasteiger partial charge in [0.1, 0.15) is 6.10 Å². The Kier molecular flexibility index (Phi) is 5.22. The molecule has 0 aromatic carbocycles. The number of carbonyl (C=O) groups is 4. The second kappa shape index (κ2) is 7.50. The van der Waals surface area contributed by atoms with E-state index in [1.165, 1.54) is 26.6 Å². The molecule has 1 aromatic heterocycles. The third-order valence-electron chi connectivity index (χ3n) is 7.81. The van der Waals surface area contributed by atoms with Crippen LogP contribution >= 0.6 is 0 Å². The molecule has 0 radical (unpaired) electrons. The third kappa shape index (κ3) is 3.27. The van der Waals surface area contributed by atoms with Gasteiger partial charge in [0.05, 0.1) is 31.5 Å². The van der Waals surface area contributed by atoms with Gasteiger partial charge in [0.25, 0.3) is 0 Å². The van der Waals surface area contributed by atoms with Gasteiger partial charge in [0.15, 0.2) is 11.9 Å². The second-order valence-corrected chi connectivity index (χ2v) is 9.53. The lowest BCUT2D eigenvalue weighted by Gasteiger charge is -2.60. The first-order valence-electron chi connectivity index (χ1n) is 10.6. The normalized spacial score (nSPS) is 39.7. The van der Waals surface area contributed by atoms with E-state index in [0.717, 1.165) is 5.56 Å². The Morgan fingerprint density at radius 1 is 1.19 bits per heavy atom. The van der Waals surface area contributed by atoms with Gasteiger partial charge in [-0.2, -0.15) is 0 Å². The Morgan fingerprint density at radius 3 is 2.55 bits per heavy atom. The quantitative estimate of drug-likeness (QED) is 0.530. The molecular weight excluding hydrogens is 404 g/mol. The number of hydrogen-bond acceptors (Lipinski definition) is 8. The summed E-state index contributed by atoms with van der Waals surface area (Å²) in [7, 11) is 1.32. The topological polar surface area (TPSA) is 109 Å². The molecule has 0 spiro atoms. The summed E-state index contributed by atoms with van der Waals surface area (Å²) in [5.74, 6) is -3.35. The number of cyclic esters (lactones) is 1. The minimum atomic E-state index is -1.04. The molecule has 8 heteroatoms. The molecule has 0 N–H and O–H groups in total. The molecule has 1 aromatic rings. The highest BCUT2D eigenvalue weighted by molar-refractivity contribution is 5.93. The highest BCUT2D eigenvalue weighted by Gasteiger charge is 2.67. The lowest BCUT2D eigenvalue weighted by Crippen LogP contribution is -2.64. The van der Waals surface area contributed by atoms with Gasteiger partial charge in [-0.1, -0.05) is 13.8 Å². The van der Waals surface area contributed by atoms with Gasteiger partial charge >= 0.3 is 17.9 Å². The van der Waals surface area contributed by atoms with E-state index in [9.17, 15) is 19.2 Å². The maximum Gasteiger partial charge on any atom is 0.310 e. The molecule has 2 unspecified atom stereocenters. The molecule has 3 aliphatic rings. The van der Waals surface area contributed by atoms with Crippen molar-refractivity contribution in [1.82, 2.24) is 0 Å². The van der Waals surface area contributed by atoms with Gasteiger partial charge in [0.2, 0.25) is 0 Å². The van der Waals surface area contributed by atoms with Gasteiger partial charge in [-0.25, -0.2) is 0 Å². The summed E-state index contributed by atoms with van der Waals surface area (Å²) in [4.78, 5) is 51.2. The Hall–Kier alpha value is -2.64. The molecule has 2 heterocycles. The molecule has 168 valence electrons. The third-order valence-corrected chi connectivity index (χ3v) is 7.81. The molecule has 2 saturated carbocycles. The van der Waals surface area contributed by atoms with Crippen LogP contribution in [0.25, 0.3) is 0 Å². The zero-order chi connectivity index (χ0) is 22.6. The largest absolute Gasteiger partial charge is 0.472 e. The van der Waals surface area contributed by atoms with Crippen LogP contribution in [0.15, 0.2) is 23.0 Å². The van der Waals surface area contributed by atoms with Crippen LogP contribution in [0, 0.1) is 28.6 Å². The molecule has 0 bridgehead atoms. The van der Waals surface area contributed by atoms with Crippen molar-refractivity contribution >= 4 is 23.7 Å². The number of methoxy groups -OCH3 is 1. The molecule has 0 amide bonds. The molecule has 1 saturated heterocycles. The molecule has 2 aliphatic carbocycles. The summed E-state index contributed by atoms with van der Waals surface area (Å²) in [6.45, 7) is 5.09. The summed E-state index contributed by atoms with van der Waals surface area (Å²) in [5, 5.41) is 0. The minimum absolute atomic E-state index is 0.0917. The van der Waals surface area contributed by atoms with Gasteiger partial charge in [0, 0.05) is 24.8 Å². The fourth-order valence-electron chi connectivity index (χ4n) is 6.46. The van der Waals surface area contributed by atoms with Crippen molar-refractivity contribution in [2.45, 2.75) is 58.7 Å². The monoisotopic (exact) mass is 432 g/mol. The number of ketones is 1. The standard InChI is InChI=1S/C23H28O8/c1-12(24)30-16-9-15(20(26)28-4)22(2)7-5-14-21(27)31-17(13-6-8-29-11-13)10-23(14,3)19(22)18(16)25/h6,8,11,14-17,19H,5,7,9-10H2,1-4H3/t14?,15-,16?,17+,19-,22-,23-/m0/s1. The number of esters is 3. The van der Waals surface area contributed by atoms with Crippen LogP contribution in [0.5, 0.6) is 0 Å². The highest BCUT2D eigenvalue weighted by Crippen LogP contribution is 2.65. The first-order chi connectivity index (χ1) is 14.6. The van der Waals surface area contributed by atoms with Crippen molar-refractivity contribution in [2.75, 3.05) is 7.11 Å². The number of rotatable bonds is 3. The van der Waals surface area contributed by atoms with E-state index in [2.05, 4.69) is 0 Å². The second-order valence-electron chi connectivity index (χ2n) is 9.53. The molecule has 1 aliphatic heterocycles. The van der Waals surface area contributed by atoms with Crippen LogP contribution < -0.4 is 0 Å². The molecule has 7 atom stereocenters. The van der Waals surface area contributed by atoms with Crippen molar-refractivity contribution in [3.8, 4) is 0 Å². The summed E-state index contributed by atoms with van der Waals surface area (Å²) in [6.07, 6.45) is 2.98. The summed E-state index contributed by atoms with van der Waals surface area (Å²) in [5.41, 5.74) is -0.763. The van der Waals surface area contributed by atoms with Crippen LogP contribution in [-0.2, 0) is 33.4 Å².